The van der Waals surface area contributed by atoms with Crippen LogP contribution in [-0.2, 0) is 4.79 Å². The fraction of sp³-hybridized carbons (Fsp3) is 0.300. The lowest BCUT2D eigenvalue weighted by atomic mass is 10.1. The number of nitrogens with zero attached hydrogens (tertiary/aromatic N) is 4. The summed E-state index contributed by atoms with van der Waals surface area (Å²) in [7, 11) is 3.91. The number of hydrogen-bond acceptors (Lipinski definition) is 6. The second-order valence-electron chi connectivity index (χ2n) is 9.20. The van der Waals surface area contributed by atoms with Gasteiger partial charge in [0.2, 0.25) is 0 Å². The van der Waals surface area contributed by atoms with Gasteiger partial charge in [0.05, 0.1) is 29.2 Å². The van der Waals surface area contributed by atoms with E-state index in [-0.39, 0.29) is 18.1 Å². The molecule has 3 aromatic carbocycles. The van der Waals surface area contributed by atoms with Crippen LogP contribution in [0.3, 0.4) is 0 Å². The van der Waals surface area contributed by atoms with Gasteiger partial charge in [0.1, 0.15) is 17.3 Å². The first-order valence-corrected chi connectivity index (χ1v) is 12.8. The normalized spacial score (nSPS) is 11.9. The topological polar surface area (TPSA) is 76.9 Å². The summed E-state index contributed by atoms with van der Waals surface area (Å²) in [5, 5.41) is 0.494. The van der Waals surface area contributed by atoms with Gasteiger partial charge in [0.15, 0.2) is 6.61 Å². The summed E-state index contributed by atoms with van der Waals surface area (Å²) in [6.07, 6.45) is 0. The van der Waals surface area contributed by atoms with E-state index in [0.717, 1.165) is 0 Å². The van der Waals surface area contributed by atoms with Crippen molar-refractivity contribution in [3.05, 3.63) is 95.0 Å². The average molecular weight is 515 g/mol. The fourth-order valence-corrected chi connectivity index (χ4v) is 4.31. The van der Waals surface area contributed by atoms with Crippen LogP contribution >= 0.6 is 0 Å². The first kappa shape index (κ1) is 26.9. The summed E-state index contributed by atoms with van der Waals surface area (Å²) in [6, 6.07) is 23.4. The summed E-state index contributed by atoms with van der Waals surface area (Å²) in [6.45, 7) is 5.18. The van der Waals surface area contributed by atoms with Crippen LogP contribution in [0.5, 0.6) is 11.5 Å². The zero-order valence-corrected chi connectivity index (χ0v) is 22.3. The Bertz CT molecular complexity index is 1440. The molecule has 4 rings (SSSR count). The molecular formula is C30H34N4O4. The van der Waals surface area contributed by atoms with E-state index in [9.17, 15) is 9.59 Å². The molecule has 0 saturated carbocycles. The van der Waals surface area contributed by atoms with Gasteiger partial charge in [-0.3, -0.25) is 14.2 Å². The largest absolute Gasteiger partial charge is 0.492 e. The van der Waals surface area contributed by atoms with Crippen molar-refractivity contribution in [1.82, 2.24) is 19.4 Å². The molecule has 1 amide bonds. The van der Waals surface area contributed by atoms with Gasteiger partial charge in [-0.1, -0.05) is 42.5 Å². The SMILES string of the molecule is CCOc1ccccc1-n1c(C(C)N(CCN(C)C)C(=O)COc2ccccc2)nc2ccccc2c1=O. The van der Waals surface area contributed by atoms with E-state index in [4.69, 9.17) is 14.5 Å². The molecule has 0 aliphatic heterocycles. The molecular weight excluding hydrogens is 480 g/mol. The number of aromatic nitrogens is 2. The van der Waals surface area contributed by atoms with Crippen LogP contribution in [0.25, 0.3) is 16.6 Å². The van der Waals surface area contributed by atoms with Crippen LogP contribution in [0.1, 0.15) is 25.7 Å². The molecule has 0 saturated heterocycles. The number of fused-ring (bicyclic) bond motifs is 1. The maximum absolute atomic E-state index is 13.9. The molecule has 198 valence electrons. The Morgan fingerprint density at radius 1 is 0.921 bits per heavy atom. The molecule has 0 N–H and O–H groups in total. The highest BCUT2D eigenvalue weighted by molar-refractivity contribution is 5.79. The molecule has 1 heterocycles. The molecule has 1 atom stereocenters. The minimum Gasteiger partial charge on any atom is -0.492 e. The summed E-state index contributed by atoms with van der Waals surface area (Å²) in [5.74, 6) is 1.44. The van der Waals surface area contributed by atoms with Gasteiger partial charge >= 0.3 is 0 Å². The third kappa shape index (κ3) is 6.03. The standard InChI is InChI=1S/C30H34N4O4/c1-5-37-27-18-12-11-17-26(27)34-29(31-25-16-10-9-15-24(25)30(34)36)22(2)33(20-19-32(3)4)28(35)21-38-23-13-7-6-8-14-23/h6-18,22H,5,19-21H2,1-4H3. The number of rotatable bonds is 11. The van der Waals surface area contributed by atoms with Gasteiger partial charge in [-0.25, -0.2) is 4.98 Å². The first-order chi connectivity index (χ1) is 18.4. The minimum atomic E-state index is -0.534. The number of likely N-dealkylation sites (N-methyl/N-ethyl adjacent to an activating group) is 1. The molecule has 0 aliphatic carbocycles. The van der Waals surface area contributed by atoms with Crippen molar-refractivity contribution >= 4 is 16.8 Å². The highest BCUT2D eigenvalue weighted by Crippen LogP contribution is 2.28. The molecule has 4 aromatic rings. The van der Waals surface area contributed by atoms with E-state index >= 15 is 0 Å². The summed E-state index contributed by atoms with van der Waals surface area (Å²) in [5.41, 5.74) is 0.940. The Kier molecular flexibility index (Phi) is 8.76. The van der Waals surface area contributed by atoms with Crippen molar-refractivity contribution in [2.75, 3.05) is 40.4 Å². The Morgan fingerprint density at radius 3 is 2.34 bits per heavy atom. The molecule has 38 heavy (non-hydrogen) atoms. The number of ether oxygens (including phenoxy) is 2. The molecule has 0 fully saturated rings. The van der Waals surface area contributed by atoms with Gasteiger partial charge in [0, 0.05) is 13.1 Å². The van der Waals surface area contributed by atoms with Crippen LogP contribution in [0.2, 0.25) is 0 Å². The van der Waals surface area contributed by atoms with E-state index in [1.165, 1.54) is 0 Å². The highest BCUT2D eigenvalue weighted by Gasteiger charge is 2.28. The first-order valence-electron chi connectivity index (χ1n) is 12.8. The maximum Gasteiger partial charge on any atom is 0.266 e. The Labute approximate surface area is 223 Å². The third-order valence-corrected chi connectivity index (χ3v) is 6.26. The van der Waals surface area contributed by atoms with Gasteiger partial charge in [-0.15, -0.1) is 0 Å². The molecule has 8 heteroatoms. The molecule has 1 aromatic heterocycles. The Balaban J connectivity index is 1.81. The number of para-hydroxylation sites is 4. The third-order valence-electron chi connectivity index (χ3n) is 6.26. The monoisotopic (exact) mass is 514 g/mol. The van der Waals surface area contributed by atoms with Crippen LogP contribution < -0.4 is 15.0 Å². The predicted octanol–water partition coefficient (Wildman–Crippen LogP) is 4.31. The zero-order valence-electron chi connectivity index (χ0n) is 22.3. The van der Waals surface area contributed by atoms with E-state index in [1.54, 1.807) is 15.5 Å². The van der Waals surface area contributed by atoms with E-state index in [1.807, 2.05) is 106 Å². The van der Waals surface area contributed by atoms with Crippen molar-refractivity contribution in [1.29, 1.82) is 0 Å². The van der Waals surface area contributed by atoms with E-state index in [2.05, 4.69) is 0 Å². The smallest absolute Gasteiger partial charge is 0.266 e. The lowest BCUT2D eigenvalue weighted by Gasteiger charge is -2.31. The van der Waals surface area contributed by atoms with E-state index < -0.39 is 6.04 Å². The summed E-state index contributed by atoms with van der Waals surface area (Å²) in [4.78, 5) is 36.1. The van der Waals surface area contributed by atoms with Crippen LogP contribution in [-0.4, -0.2) is 65.7 Å². The molecule has 8 nitrogen and oxygen atoms in total. The van der Waals surface area contributed by atoms with E-state index in [0.29, 0.717) is 53.6 Å². The second kappa shape index (κ2) is 12.4. The van der Waals surface area contributed by atoms with Crippen LogP contribution in [0.4, 0.5) is 0 Å². The number of amides is 1. The Morgan fingerprint density at radius 2 is 1.61 bits per heavy atom. The molecule has 0 radical (unpaired) electrons. The van der Waals surface area contributed by atoms with Crippen LogP contribution in [0.15, 0.2) is 83.7 Å². The van der Waals surface area contributed by atoms with Crippen molar-refractivity contribution in [2.45, 2.75) is 19.9 Å². The van der Waals surface area contributed by atoms with Crippen molar-refractivity contribution < 1.29 is 14.3 Å². The summed E-state index contributed by atoms with van der Waals surface area (Å²) < 4.78 is 13.2. The van der Waals surface area contributed by atoms with Gasteiger partial charge in [-0.05, 0) is 64.3 Å². The zero-order chi connectivity index (χ0) is 27.1. The van der Waals surface area contributed by atoms with Crippen molar-refractivity contribution in [3.8, 4) is 17.2 Å². The summed E-state index contributed by atoms with van der Waals surface area (Å²) >= 11 is 0. The quantitative estimate of drug-likeness (QED) is 0.297. The highest BCUT2D eigenvalue weighted by atomic mass is 16.5. The Hall–Kier alpha value is -4.17. The predicted molar refractivity (Wildman–Crippen MR) is 149 cm³/mol. The number of carbonyl (C=O) groups excluding carboxylic acids is 1. The number of hydrogen-bond donors (Lipinski definition) is 0. The average Bonchev–Trinajstić information content (AvgIpc) is 2.93. The molecule has 0 spiro atoms. The maximum atomic E-state index is 13.9. The molecule has 0 aliphatic rings. The lowest BCUT2D eigenvalue weighted by Crippen LogP contribution is -2.43. The fourth-order valence-electron chi connectivity index (χ4n) is 4.31. The van der Waals surface area contributed by atoms with Gasteiger partial charge < -0.3 is 19.3 Å². The second-order valence-corrected chi connectivity index (χ2v) is 9.20. The van der Waals surface area contributed by atoms with Crippen molar-refractivity contribution in [2.24, 2.45) is 0 Å². The molecule has 0 bridgehead atoms. The van der Waals surface area contributed by atoms with Gasteiger partial charge in [0.25, 0.3) is 11.5 Å². The lowest BCUT2D eigenvalue weighted by molar-refractivity contribution is -0.136. The van der Waals surface area contributed by atoms with Gasteiger partial charge in [-0.2, -0.15) is 0 Å². The minimum absolute atomic E-state index is 0.130. The number of carbonyl (C=O) groups is 1. The van der Waals surface area contributed by atoms with Crippen molar-refractivity contribution in [3.63, 3.8) is 0 Å². The van der Waals surface area contributed by atoms with Crippen LogP contribution in [0, 0.1) is 0 Å². The molecule has 1 unspecified atom stereocenters. The number of benzene rings is 3.